The fraction of sp³-hybridized carbons (Fsp3) is 0.316. The van der Waals surface area contributed by atoms with Crippen molar-refractivity contribution in [2.24, 2.45) is 0 Å². The Labute approximate surface area is 162 Å². The van der Waals surface area contributed by atoms with Crippen LogP contribution in [-0.4, -0.2) is 48.6 Å². The average molecular weight is 390 g/mol. The van der Waals surface area contributed by atoms with Gasteiger partial charge in [0.15, 0.2) is 0 Å². The second kappa shape index (κ2) is 8.94. The van der Waals surface area contributed by atoms with E-state index in [2.05, 4.69) is 10.2 Å². The van der Waals surface area contributed by atoms with Crippen molar-refractivity contribution in [3.8, 4) is 0 Å². The molecule has 1 heterocycles. The number of hydrogen-bond donors (Lipinski definition) is 1. The van der Waals surface area contributed by atoms with E-state index >= 15 is 0 Å². The number of hydrogen-bond acceptors (Lipinski definition) is 5. The number of halogens is 1. The van der Waals surface area contributed by atoms with Crippen LogP contribution in [0.5, 0.6) is 0 Å². The number of nitrogens with one attached hydrogen (secondary N) is 1. The Morgan fingerprint density at radius 1 is 1.19 bits per heavy atom. The van der Waals surface area contributed by atoms with Gasteiger partial charge in [-0.3, -0.25) is 19.8 Å². The van der Waals surface area contributed by atoms with E-state index in [1.54, 1.807) is 6.07 Å². The molecule has 1 atom stereocenters. The molecule has 1 amide bonds. The fourth-order valence-corrected chi connectivity index (χ4v) is 3.44. The molecule has 1 aliphatic heterocycles. The van der Waals surface area contributed by atoms with Gasteiger partial charge in [-0.25, -0.2) is 0 Å². The van der Waals surface area contributed by atoms with Gasteiger partial charge in [0.05, 0.1) is 24.2 Å². The minimum absolute atomic E-state index is 0.0439. The largest absolute Gasteiger partial charge is 0.379 e. The number of ether oxygens (including phenoxy) is 1. The Bertz CT molecular complexity index is 824. The van der Waals surface area contributed by atoms with E-state index < -0.39 is 10.8 Å². The Morgan fingerprint density at radius 3 is 2.56 bits per heavy atom. The van der Waals surface area contributed by atoms with Crippen molar-refractivity contribution in [1.82, 2.24) is 10.2 Å². The average Bonchev–Trinajstić information content (AvgIpc) is 2.70. The second-order valence-electron chi connectivity index (χ2n) is 6.17. The molecule has 7 nitrogen and oxygen atoms in total. The Balaban J connectivity index is 1.80. The molecule has 0 saturated carbocycles. The van der Waals surface area contributed by atoms with Gasteiger partial charge in [-0.1, -0.05) is 41.9 Å². The molecule has 1 fully saturated rings. The number of nitrogens with zero attached hydrogens (tertiary/aromatic N) is 2. The molecule has 0 aliphatic carbocycles. The Hall–Kier alpha value is -2.48. The number of carbonyl (C=O) groups excluding carboxylic acids is 1. The van der Waals surface area contributed by atoms with Gasteiger partial charge in [-0.2, -0.15) is 0 Å². The summed E-state index contributed by atoms with van der Waals surface area (Å²) in [7, 11) is 0. The quantitative estimate of drug-likeness (QED) is 0.606. The highest BCUT2D eigenvalue weighted by molar-refractivity contribution is 6.31. The first-order chi connectivity index (χ1) is 13.1. The molecular weight excluding hydrogens is 370 g/mol. The van der Waals surface area contributed by atoms with Crippen LogP contribution < -0.4 is 5.32 Å². The van der Waals surface area contributed by atoms with Crippen molar-refractivity contribution in [3.63, 3.8) is 0 Å². The van der Waals surface area contributed by atoms with Crippen molar-refractivity contribution in [2.45, 2.75) is 6.04 Å². The summed E-state index contributed by atoms with van der Waals surface area (Å²) in [6.45, 7) is 2.95. The number of carbonyl (C=O) groups is 1. The van der Waals surface area contributed by atoms with Crippen LogP contribution in [0.2, 0.25) is 5.02 Å². The molecule has 0 aromatic heterocycles. The molecule has 2 aromatic carbocycles. The van der Waals surface area contributed by atoms with Crippen LogP contribution in [0.1, 0.15) is 22.0 Å². The molecule has 0 bridgehead atoms. The second-order valence-corrected chi connectivity index (χ2v) is 6.58. The van der Waals surface area contributed by atoms with E-state index in [0.717, 1.165) is 18.7 Å². The number of nitro benzene ring substituents is 1. The molecule has 1 N–H and O–H groups in total. The first-order valence-corrected chi connectivity index (χ1v) is 9.03. The lowest BCUT2D eigenvalue weighted by molar-refractivity contribution is -0.385. The zero-order chi connectivity index (χ0) is 19.2. The summed E-state index contributed by atoms with van der Waals surface area (Å²) in [5.74, 6) is -0.479. The molecule has 2 aromatic rings. The summed E-state index contributed by atoms with van der Waals surface area (Å²) >= 11 is 6.38. The number of benzene rings is 2. The summed E-state index contributed by atoms with van der Waals surface area (Å²) in [5, 5.41) is 14.6. The van der Waals surface area contributed by atoms with Crippen molar-refractivity contribution >= 4 is 23.2 Å². The highest BCUT2D eigenvalue weighted by Gasteiger charge is 2.26. The van der Waals surface area contributed by atoms with Crippen LogP contribution in [0.4, 0.5) is 5.69 Å². The zero-order valence-corrected chi connectivity index (χ0v) is 15.4. The molecule has 27 heavy (non-hydrogen) atoms. The fourth-order valence-electron chi connectivity index (χ4n) is 3.18. The third-order valence-electron chi connectivity index (χ3n) is 4.55. The predicted octanol–water partition coefficient (Wildman–Crippen LogP) is 3.05. The predicted molar refractivity (Wildman–Crippen MR) is 102 cm³/mol. The normalized spacial score (nSPS) is 15.9. The topological polar surface area (TPSA) is 84.7 Å². The number of nitro groups is 1. The summed E-state index contributed by atoms with van der Waals surface area (Å²) in [4.78, 5) is 25.4. The van der Waals surface area contributed by atoms with Crippen LogP contribution in [-0.2, 0) is 4.74 Å². The molecule has 1 aliphatic rings. The van der Waals surface area contributed by atoms with Gasteiger partial charge >= 0.3 is 0 Å². The van der Waals surface area contributed by atoms with Gasteiger partial charge in [-0.15, -0.1) is 0 Å². The van der Waals surface area contributed by atoms with Crippen LogP contribution in [0, 0.1) is 10.1 Å². The van der Waals surface area contributed by atoms with Crippen LogP contribution >= 0.6 is 11.6 Å². The van der Waals surface area contributed by atoms with E-state index in [4.69, 9.17) is 16.3 Å². The number of morpholine rings is 1. The van der Waals surface area contributed by atoms with Crippen molar-refractivity contribution in [3.05, 3.63) is 74.8 Å². The highest BCUT2D eigenvalue weighted by Crippen LogP contribution is 2.28. The van der Waals surface area contributed by atoms with Crippen molar-refractivity contribution in [1.29, 1.82) is 0 Å². The maximum absolute atomic E-state index is 12.6. The zero-order valence-electron chi connectivity index (χ0n) is 14.6. The standard InChI is InChI=1S/C19H20ClN3O4/c20-16-7-3-1-5-14(16)18(22-9-11-27-12-10-22)13-21-19(24)15-6-2-4-8-17(15)23(25)26/h1-8,18H,9-13H2,(H,21,24). The molecule has 3 rings (SSSR count). The highest BCUT2D eigenvalue weighted by atomic mass is 35.5. The Kier molecular flexibility index (Phi) is 6.39. The van der Waals surface area contributed by atoms with Gasteiger partial charge in [0.2, 0.25) is 0 Å². The smallest absolute Gasteiger partial charge is 0.282 e. The maximum atomic E-state index is 12.6. The van der Waals surface area contributed by atoms with E-state index in [0.29, 0.717) is 18.2 Å². The maximum Gasteiger partial charge on any atom is 0.282 e. The molecular formula is C19H20ClN3O4. The summed E-state index contributed by atoms with van der Waals surface area (Å²) in [6.07, 6.45) is 0. The number of amides is 1. The van der Waals surface area contributed by atoms with Gasteiger partial charge in [0, 0.05) is 30.7 Å². The number of rotatable bonds is 6. The molecule has 1 unspecified atom stereocenters. The molecule has 142 valence electrons. The van der Waals surface area contributed by atoms with E-state index in [1.165, 1.54) is 18.2 Å². The van der Waals surface area contributed by atoms with Gasteiger partial charge in [0.1, 0.15) is 5.56 Å². The number of para-hydroxylation sites is 1. The summed E-state index contributed by atoms with van der Waals surface area (Å²) in [6, 6.07) is 13.3. The van der Waals surface area contributed by atoms with Gasteiger partial charge in [0.25, 0.3) is 11.6 Å². The van der Waals surface area contributed by atoms with E-state index in [9.17, 15) is 14.9 Å². The lowest BCUT2D eigenvalue weighted by Crippen LogP contribution is -2.44. The van der Waals surface area contributed by atoms with E-state index in [-0.39, 0.29) is 23.8 Å². The van der Waals surface area contributed by atoms with Crippen LogP contribution in [0.3, 0.4) is 0 Å². The van der Waals surface area contributed by atoms with Crippen LogP contribution in [0.15, 0.2) is 48.5 Å². The third-order valence-corrected chi connectivity index (χ3v) is 4.90. The lowest BCUT2D eigenvalue weighted by atomic mass is 10.0. The molecule has 8 heteroatoms. The molecule has 0 spiro atoms. The molecule has 0 radical (unpaired) electrons. The summed E-state index contributed by atoms with van der Waals surface area (Å²) < 4.78 is 5.42. The van der Waals surface area contributed by atoms with E-state index in [1.807, 2.05) is 24.3 Å². The van der Waals surface area contributed by atoms with Gasteiger partial charge in [-0.05, 0) is 17.7 Å². The van der Waals surface area contributed by atoms with Crippen LogP contribution in [0.25, 0.3) is 0 Å². The third kappa shape index (κ3) is 4.63. The van der Waals surface area contributed by atoms with Gasteiger partial charge < -0.3 is 10.1 Å². The lowest BCUT2D eigenvalue weighted by Gasteiger charge is -2.35. The summed E-state index contributed by atoms with van der Waals surface area (Å²) in [5.41, 5.74) is 0.738. The molecule has 1 saturated heterocycles. The SMILES string of the molecule is O=C(NCC(c1ccccc1Cl)N1CCOCC1)c1ccccc1[N+](=O)[O-]. The monoisotopic (exact) mass is 389 g/mol. The minimum atomic E-state index is -0.553. The van der Waals surface area contributed by atoms with Crippen molar-refractivity contribution < 1.29 is 14.5 Å². The van der Waals surface area contributed by atoms with Crippen molar-refractivity contribution in [2.75, 3.05) is 32.8 Å². The minimum Gasteiger partial charge on any atom is -0.379 e. The first-order valence-electron chi connectivity index (χ1n) is 8.66. The Morgan fingerprint density at radius 2 is 1.85 bits per heavy atom. The first kappa shape index (κ1) is 19.3.